The third-order valence-corrected chi connectivity index (χ3v) is 3.91. The summed E-state index contributed by atoms with van der Waals surface area (Å²) >= 11 is 3.16. The van der Waals surface area contributed by atoms with Crippen LogP contribution in [-0.2, 0) is 4.74 Å². The van der Waals surface area contributed by atoms with Gasteiger partial charge in [0.05, 0.1) is 17.2 Å². The Morgan fingerprint density at radius 3 is 2.81 bits per heavy atom. The zero-order valence-electron chi connectivity index (χ0n) is 9.38. The first-order chi connectivity index (χ1) is 7.70. The van der Waals surface area contributed by atoms with Crippen LogP contribution in [0.1, 0.15) is 37.9 Å². The molecule has 0 aromatic heterocycles. The quantitative estimate of drug-likeness (QED) is 0.780. The molecule has 3 heteroatoms. The number of hydrogen-bond acceptors (Lipinski definition) is 1. The molecule has 0 bridgehead atoms. The van der Waals surface area contributed by atoms with Gasteiger partial charge in [0.1, 0.15) is 5.82 Å². The lowest BCUT2D eigenvalue weighted by Gasteiger charge is -2.28. The topological polar surface area (TPSA) is 9.23 Å². The average Bonchev–Trinajstić information content (AvgIpc) is 2.33. The first kappa shape index (κ1) is 12.1. The summed E-state index contributed by atoms with van der Waals surface area (Å²) in [6, 6.07) is 5.26. The van der Waals surface area contributed by atoms with E-state index in [1.54, 1.807) is 12.1 Å². The Labute approximate surface area is 104 Å². The molecule has 1 saturated heterocycles. The minimum Gasteiger partial charge on any atom is -0.373 e. The lowest BCUT2D eigenvalue weighted by molar-refractivity contribution is -0.0182. The van der Waals surface area contributed by atoms with E-state index in [0.29, 0.717) is 10.4 Å². The summed E-state index contributed by atoms with van der Waals surface area (Å²) in [4.78, 5) is 0. The van der Waals surface area contributed by atoms with E-state index in [1.165, 1.54) is 12.8 Å². The number of ether oxygens (including phenoxy) is 1. The van der Waals surface area contributed by atoms with Crippen LogP contribution in [0.4, 0.5) is 4.39 Å². The molecular formula is C13H16BrFO. The fraction of sp³-hybridized carbons (Fsp3) is 0.538. The smallest absolute Gasteiger partial charge is 0.137 e. The van der Waals surface area contributed by atoms with Gasteiger partial charge in [0.2, 0.25) is 0 Å². The molecule has 1 aromatic carbocycles. The number of halogens is 2. The van der Waals surface area contributed by atoms with Gasteiger partial charge in [0.25, 0.3) is 0 Å². The maximum absolute atomic E-state index is 13.4. The Bertz CT molecular complexity index is 359. The van der Waals surface area contributed by atoms with E-state index in [4.69, 9.17) is 4.74 Å². The third kappa shape index (κ3) is 2.64. The molecule has 16 heavy (non-hydrogen) atoms. The first-order valence-electron chi connectivity index (χ1n) is 5.77. The molecule has 1 aliphatic rings. The average molecular weight is 287 g/mol. The van der Waals surface area contributed by atoms with Gasteiger partial charge in [-0.25, -0.2) is 4.39 Å². The highest BCUT2D eigenvalue weighted by Gasteiger charge is 2.22. The lowest BCUT2D eigenvalue weighted by atomic mass is 9.93. The van der Waals surface area contributed by atoms with Crippen molar-refractivity contribution in [1.29, 1.82) is 0 Å². The monoisotopic (exact) mass is 286 g/mol. The van der Waals surface area contributed by atoms with Crippen molar-refractivity contribution in [1.82, 2.24) is 0 Å². The largest absolute Gasteiger partial charge is 0.373 e. The summed E-state index contributed by atoms with van der Waals surface area (Å²) in [7, 11) is 0. The number of benzene rings is 1. The predicted octanol–water partition coefficient (Wildman–Crippen LogP) is 4.47. The van der Waals surface area contributed by atoms with Crippen molar-refractivity contribution in [2.75, 3.05) is 6.61 Å². The second-order valence-corrected chi connectivity index (χ2v) is 5.20. The fourth-order valence-corrected chi connectivity index (χ4v) is 2.35. The second-order valence-electron chi connectivity index (χ2n) is 4.35. The van der Waals surface area contributed by atoms with Crippen molar-refractivity contribution < 1.29 is 9.13 Å². The minimum atomic E-state index is -0.210. The van der Waals surface area contributed by atoms with Gasteiger partial charge >= 0.3 is 0 Å². The van der Waals surface area contributed by atoms with E-state index < -0.39 is 0 Å². The molecule has 2 atom stereocenters. The van der Waals surface area contributed by atoms with E-state index in [9.17, 15) is 4.39 Å². The molecule has 0 aliphatic carbocycles. The maximum atomic E-state index is 13.4. The molecule has 2 unspecified atom stereocenters. The standard InChI is InChI=1S/C13H16BrFO/c1-2-9-3-6-13(16-8-9)10-4-5-11(14)12(15)7-10/h4-5,7,9,13H,2-3,6,8H2,1H3. The van der Waals surface area contributed by atoms with Gasteiger partial charge in [-0.3, -0.25) is 0 Å². The fourth-order valence-electron chi connectivity index (χ4n) is 2.10. The van der Waals surface area contributed by atoms with Crippen LogP contribution in [0, 0.1) is 11.7 Å². The Morgan fingerprint density at radius 1 is 1.44 bits per heavy atom. The van der Waals surface area contributed by atoms with E-state index in [-0.39, 0.29) is 11.9 Å². The van der Waals surface area contributed by atoms with Crippen LogP contribution in [-0.4, -0.2) is 6.61 Å². The van der Waals surface area contributed by atoms with Gasteiger partial charge in [0, 0.05) is 0 Å². The Hall–Kier alpha value is -0.410. The molecule has 0 saturated carbocycles. The van der Waals surface area contributed by atoms with Crippen LogP contribution >= 0.6 is 15.9 Å². The SMILES string of the molecule is CCC1CCC(c2ccc(Br)c(F)c2)OC1. The summed E-state index contributed by atoms with van der Waals surface area (Å²) in [6.07, 6.45) is 3.42. The van der Waals surface area contributed by atoms with E-state index in [2.05, 4.69) is 22.9 Å². The van der Waals surface area contributed by atoms with Crippen LogP contribution < -0.4 is 0 Å². The van der Waals surface area contributed by atoms with Crippen molar-refractivity contribution in [3.63, 3.8) is 0 Å². The van der Waals surface area contributed by atoms with Crippen molar-refractivity contribution in [2.24, 2.45) is 5.92 Å². The predicted molar refractivity (Wildman–Crippen MR) is 65.8 cm³/mol. The van der Waals surface area contributed by atoms with Crippen molar-refractivity contribution >= 4 is 15.9 Å². The molecule has 1 fully saturated rings. The first-order valence-corrected chi connectivity index (χ1v) is 6.56. The Kier molecular flexibility index (Phi) is 3.98. The minimum absolute atomic E-state index is 0.0744. The zero-order chi connectivity index (χ0) is 11.5. The number of rotatable bonds is 2. The zero-order valence-corrected chi connectivity index (χ0v) is 11.0. The normalized spacial score (nSPS) is 25.7. The lowest BCUT2D eigenvalue weighted by Crippen LogP contribution is -2.20. The summed E-state index contributed by atoms with van der Waals surface area (Å²) < 4.78 is 19.7. The molecule has 0 radical (unpaired) electrons. The molecule has 2 rings (SSSR count). The highest BCUT2D eigenvalue weighted by atomic mass is 79.9. The highest BCUT2D eigenvalue weighted by Crippen LogP contribution is 2.32. The molecule has 1 nitrogen and oxygen atoms in total. The maximum Gasteiger partial charge on any atom is 0.137 e. The molecular weight excluding hydrogens is 271 g/mol. The number of hydrogen-bond donors (Lipinski definition) is 0. The third-order valence-electron chi connectivity index (χ3n) is 3.26. The van der Waals surface area contributed by atoms with E-state index in [0.717, 1.165) is 18.6 Å². The summed E-state index contributed by atoms with van der Waals surface area (Å²) in [5, 5.41) is 0. The van der Waals surface area contributed by atoms with Crippen LogP contribution in [0.25, 0.3) is 0 Å². The van der Waals surface area contributed by atoms with Crippen molar-refractivity contribution in [3.8, 4) is 0 Å². The Morgan fingerprint density at radius 2 is 2.25 bits per heavy atom. The molecule has 0 spiro atoms. The van der Waals surface area contributed by atoms with E-state index in [1.807, 2.05) is 6.07 Å². The van der Waals surface area contributed by atoms with Gasteiger partial charge < -0.3 is 4.74 Å². The van der Waals surface area contributed by atoms with Crippen molar-refractivity contribution in [2.45, 2.75) is 32.3 Å². The van der Waals surface area contributed by atoms with Crippen LogP contribution in [0.15, 0.2) is 22.7 Å². The molecule has 88 valence electrons. The summed E-state index contributed by atoms with van der Waals surface area (Å²) in [5.74, 6) is 0.468. The van der Waals surface area contributed by atoms with E-state index >= 15 is 0 Å². The van der Waals surface area contributed by atoms with Gasteiger partial charge in [-0.2, -0.15) is 0 Å². The van der Waals surface area contributed by atoms with Crippen LogP contribution in [0.2, 0.25) is 0 Å². The second kappa shape index (κ2) is 5.28. The molecule has 1 aliphatic heterocycles. The Balaban J connectivity index is 2.05. The summed E-state index contributed by atoms with van der Waals surface area (Å²) in [5.41, 5.74) is 0.954. The van der Waals surface area contributed by atoms with Crippen LogP contribution in [0.5, 0.6) is 0 Å². The highest BCUT2D eigenvalue weighted by molar-refractivity contribution is 9.10. The van der Waals surface area contributed by atoms with Gasteiger partial charge in [-0.15, -0.1) is 0 Å². The van der Waals surface area contributed by atoms with Gasteiger partial charge in [0.15, 0.2) is 0 Å². The van der Waals surface area contributed by atoms with Gasteiger partial charge in [-0.05, 0) is 52.4 Å². The molecule has 1 aromatic rings. The molecule has 1 heterocycles. The van der Waals surface area contributed by atoms with Crippen molar-refractivity contribution in [3.05, 3.63) is 34.1 Å². The van der Waals surface area contributed by atoms with Crippen LogP contribution in [0.3, 0.4) is 0 Å². The molecule has 0 amide bonds. The van der Waals surface area contributed by atoms with Gasteiger partial charge in [-0.1, -0.05) is 19.4 Å². The molecule has 0 N–H and O–H groups in total. The summed E-state index contributed by atoms with van der Waals surface area (Å²) in [6.45, 7) is 2.99.